The zero-order valence-corrected chi connectivity index (χ0v) is 11.5. The maximum Gasteiger partial charge on any atom is 0.0911 e. The first kappa shape index (κ1) is 13.5. The van der Waals surface area contributed by atoms with Crippen LogP contribution < -0.4 is 5.32 Å². The molecule has 1 N–H and O–H groups in total. The summed E-state index contributed by atoms with van der Waals surface area (Å²) in [7, 11) is 1.97. The molecule has 1 aliphatic heterocycles. The Balaban J connectivity index is 2.24. The summed E-state index contributed by atoms with van der Waals surface area (Å²) in [5, 5.41) is 3.21. The number of nitrogens with zero attached hydrogens (tertiary/aromatic N) is 2. The predicted molar refractivity (Wildman–Crippen MR) is 72.6 cm³/mol. The minimum Gasteiger partial charge on any atom is -0.374 e. The van der Waals surface area contributed by atoms with Gasteiger partial charge in [-0.3, -0.25) is 9.88 Å². The molecule has 18 heavy (non-hydrogen) atoms. The average molecular weight is 249 g/mol. The Bertz CT molecular complexity index is 364. The molecule has 2 atom stereocenters. The average Bonchev–Trinajstić information content (AvgIpc) is 2.40. The molecule has 0 saturated carbocycles. The molecular formula is C14H23N3O. The van der Waals surface area contributed by atoms with E-state index in [0.29, 0.717) is 0 Å². The topological polar surface area (TPSA) is 37.4 Å². The van der Waals surface area contributed by atoms with Gasteiger partial charge in [0.05, 0.1) is 24.4 Å². The highest BCUT2D eigenvalue weighted by atomic mass is 16.5. The van der Waals surface area contributed by atoms with Crippen molar-refractivity contribution in [1.29, 1.82) is 0 Å². The van der Waals surface area contributed by atoms with Crippen molar-refractivity contribution in [3.8, 4) is 0 Å². The number of ether oxygens (including phenoxy) is 1. The summed E-state index contributed by atoms with van der Waals surface area (Å²) >= 11 is 0. The van der Waals surface area contributed by atoms with Crippen LogP contribution in [0.2, 0.25) is 0 Å². The lowest BCUT2D eigenvalue weighted by Gasteiger charge is -2.40. The molecule has 0 bridgehead atoms. The highest BCUT2D eigenvalue weighted by molar-refractivity contribution is 5.17. The lowest BCUT2D eigenvalue weighted by Crippen LogP contribution is -2.48. The summed E-state index contributed by atoms with van der Waals surface area (Å²) in [4.78, 5) is 7.03. The number of hydrogen-bond donors (Lipinski definition) is 1. The first-order chi connectivity index (χ1) is 8.76. The molecule has 0 radical (unpaired) electrons. The maximum atomic E-state index is 5.90. The number of hydrogen-bond acceptors (Lipinski definition) is 4. The number of aromatic nitrogens is 1. The fraction of sp³-hybridized carbons (Fsp3) is 0.643. The molecule has 2 rings (SSSR count). The number of morpholine rings is 1. The van der Waals surface area contributed by atoms with Gasteiger partial charge in [-0.2, -0.15) is 0 Å². The van der Waals surface area contributed by atoms with Gasteiger partial charge in [0.25, 0.3) is 0 Å². The van der Waals surface area contributed by atoms with Gasteiger partial charge in [0.2, 0.25) is 0 Å². The lowest BCUT2D eigenvalue weighted by atomic mass is 10.0. The fourth-order valence-corrected chi connectivity index (χ4v) is 2.54. The second kappa shape index (κ2) is 6.27. The minimum absolute atomic E-state index is 0.180. The fourth-order valence-electron chi connectivity index (χ4n) is 2.54. The SMILES string of the molecule is CCN1CCOC(CNC)C1c1ccc(C)cn1. The van der Waals surface area contributed by atoms with Gasteiger partial charge in [-0.1, -0.05) is 13.0 Å². The summed E-state index contributed by atoms with van der Waals surface area (Å²) in [6, 6.07) is 4.51. The molecule has 4 nitrogen and oxygen atoms in total. The number of pyridine rings is 1. The monoisotopic (exact) mass is 249 g/mol. The quantitative estimate of drug-likeness (QED) is 0.874. The van der Waals surface area contributed by atoms with E-state index in [2.05, 4.69) is 41.2 Å². The Morgan fingerprint density at radius 3 is 2.94 bits per heavy atom. The Labute approximate surface area is 109 Å². The van der Waals surface area contributed by atoms with Crippen LogP contribution in [0.5, 0.6) is 0 Å². The second-order valence-corrected chi connectivity index (χ2v) is 4.80. The Morgan fingerprint density at radius 2 is 2.33 bits per heavy atom. The van der Waals surface area contributed by atoms with Gasteiger partial charge < -0.3 is 10.1 Å². The third kappa shape index (κ3) is 2.88. The van der Waals surface area contributed by atoms with Crippen molar-refractivity contribution in [2.45, 2.75) is 26.0 Å². The molecule has 1 saturated heterocycles. The van der Waals surface area contributed by atoms with E-state index in [1.165, 1.54) is 5.56 Å². The second-order valence-electron chi connectivity index (χ2n) is 4.80. The van der Waals surface area contributed by atoms with Gasteiger partial charge in [0.15, 0.2) is 0 Å². The highest BCUT2D eigenvalue weighted by Gasteiger charge is 2.33. The minimum atomic E-state index is 0.180. The van der Waals surface area contributed by atoms with Crippen LogP contribution in [0.25, 0.3) is 0 Å². The standard InChI is InChI=1S/C14H23N3O/c1-4-17-7-8-18-13(10-15-3)14(17)12-6-5-11(2)9-16-12/h5-6,9,13-15H,4,7-8,10H2,1-3H3. The molecule has 1 aromatic heterocycles. The van der Waals surface area contributed by atoms with Crippen molar-refractivity contribution in [2.75, 3.05) is 33.3 Å². The highest BCUT2D eigenvalue weighted by Crippen LogP contribution is 2.27. The molecule has 1 aliphatic rings. The lowest BCUT2D eigenvalue weighted by molar-refractivity contribution is -0.0700. The van der Waals surface area contributed by atoms with E-state index in [1.54, 1.807) is 0 Å². The van der Waals surface area contributed by atoms with Crippen molar-refractivity contribution in [3.05, 3.63) is 29.6 Å². The molecule has 1 fully saturated rings. The van der Waals surface area contributed by atoms with Crippen molar-refractivity contribution in [3.63, 3.8) is 0 Å². The van der Waals surface area contributed by atoms with E-state index in [9.17, 15) is 0 Å². The first-order valence-electron chi connectivity index (χ1n) is 6.69. The van der Waals surface area contributed by atoms with Crippen LogP contribution in [-0.2, 0) is 4.74 Å². The predicted octanol–water partition coefficient (Wildman–Crippen LogP) is 1.37. The van der Waals surface area contributed by atoms with Gasteiger partial charge in [-0.15, -0.1) is 0 Å². The molecule has 0 amide bonds. The molecular weight excluding hydrogens is 226 g/mol. The molecule has 1 aromatic rings. The zero-order valence-electron chi connectivity index (χ0n) is 11.5. The van der Waals surface area contributed by atoms with Gasteiger partial charge in [-0.05, 0) is 32.1 Å². The van der Waals surface area contributed by atoms with Crippen molar-refractivity contribution >= 4 is 0 Å². The van der Waals surface area contributed by atoms with Gasteiger partial charge in [-0.25, -0.2) is 0 Å². The van der Waals surface area contributed by atoms with Gasteiger partial charge in [0.1, 0.15) is 0 Å². The van der Waals surface area contributed by atoms with Crippen molar-refractivity contribution in [2.24, 2.45) is 0 Å². The third-order valence-corrected chi connectivity index (χ3v) is 3.50. The summed E-state index contributed by atoms with van der Waals surface area (Å²) in [6.45, 7) is 7.94. The van der Waals surface area contributed by atoms with E-state index in [1.807, 2.05) is 13.2 Å². The van der Waals surface area contributed by atoms with Crippen LogP contribution in [-0.4, -0.2) is 49.3 Å². The number of likely N-dealkylation sites (N-methyl/N-ethyl adjacent to an activating group) is 2. The van der Waals surface area contributed by atoms with Crippen molar-refractivity contribution in [1.82, 2.24) is 15.2 Å². The van der Waals surface area contributed by atoms with Gasteiger partial charge in [0, 0.05) is 19.3 Å². The van der Waals surface area contributed by atoms with Crippen molar-refractivity contribution < 1.29 is 4.74 Å². The molecule has 0 aliphatic carbocycles. The van der Waals surface area contributed by atoms with E-state index in [0.717, 1.165) is 31.9 Å². The summed E-state index contributed by atoms with van der Waals surface area (Å²) in [5.74, 6) is 0. The Hall–Kier alpha value is -0.970. The smallest absolute Gasteiger partial charge is 0.0911 e. The van der Waals surface area contributed by atoms with Gasteiger partial charge >= 0.3 is 0 Å². The zero-order chi connectivity index (χ0) is 13.0. The maximum absolute atomic E-state index is 5.90. The summed E-state index contributed by atoms with van der Waals surface area (Å²) in [5.41, 5.74) is 2.31. The number of aryl methyl sites for hydroxylation is 1. The van der Waals surface area contributed by atoms with Crippen LogP contribution in [0.15, 0.2) is 18.3 Å². The molecule has 4 heteroatoms. The van der Waals surface area contributed by atoms with Crippen LogP contribution in [0.3, 0.4) is 0 Å². The number of rotatable bonds is 4. The molecule has 0 aromatic carbocycles. The number of nitrogens with one attached hydrogen (secondary N) is 1. The van der Waals surface area contributed by atoms with E-state index < -0.39 is 0 Å². The Kier molecular flexibility index (Phi) is 4.69. The van der Waals surface area contributed by atoms with Crippen LogP contribution in [0.4, 0.5) is 0 Å². The van der Waals surface area contributed by atoms with Crippen LogP contribution in [0, 0.1) is 6.92 Å². The molecule has 100 valence electrons. The summed E-state index contributed by atoms with van der Waals surface area (Å²) in [6.07, 6.45) is 2.12. The Morgan fingerprint density at radius 1 is 1.50 bits per heavy atom. The summed E-state index contributed by atoms with van der Waals surface area (Å²) < 4.78 is 5.90. The largest absolute Gasteiger partial charge is 0.374 e. The van der Waals surface area contributed by atoms with E-state index in [4.69, 9.17) is 4.74 Å². The van der Waals surface area contributed by atoms with Crippen LogP contribution in [0.1, 0.15) is 24.2 Å². The normalized spacial score (nSPS) is 25.3. The third-order valence-electron chi connectivity index (χ3n) is 3.50. The van der Waals surface area contributed by atoms with Crippen LogP contribution >= 0.6 is 0 Å². The molecule has 0 spiro atoms. The van der Waals surface area contributed by atoms with E-state index >= 15 is 0 Å². The molecule has 2 unspecified atom stereocenters. The van der Waals surface area contributed by atoms with E-state index in [-0.39, 0.29) is 12.1 Å². The first-order valence-corrected chi connectivity index (χ1v) is 6.69. The molecule has 2 heterocycles.